The van der Waals surface area contributed by atoms with E-state index in [4.69, 9.17) is 14.0 Å². The highest BCUT2D eigenvalue weighted by Crippen LogP contribution is 2.39. The van der Waals surface area contributed by atoms with Crippen LogP contribution in [0.5, 0.6) is 17.2 Å². The second-order valence-electron chi connectivity index (χ2n) is 8.93. The average Bonchev–Trinajstić information content (AvgIpc) is 3.47. The second-order valence-corrected chi connectivity index (χ2v) is 8.93. The third-order valence-corrected chi connectivity index (χ3v) is 6.51. The quantitative estimate of drug-likeness (QED) is 0.422. The van der Waals surface area contributed by atoms with Gasteiger partial charge in [0.1, 0.15) is 17.2 Å². The summed E-state index contributed by atoms with van der Waals surface area (Å²) in [5.74, 6) is 1.56. The van der Waals surface area contributed by atoms with Crippen LogP contribution in [0.3, 0.4) is 0 Å². The lowest BCUT2D eigenvalue weighted by Gasteiger charge is -2.37. The molecule has 9 heteroatoms. The van der Waals surface area contributed by atoms with Gasteiger partial charge in [-0.15, -0.1) is 0 Å². The molecule has 5 heterocycles. The lowest BCUT2D eigenvalue weighted by atomic mass is 9.87. The summed E-state index contributed by atoms with van der Waals surface area (Å²) in [5.41, 5.74) is 3.41. The summed E-state index contributed by atoms with van der Waals surface area (Å²) in [6, 6.07) is 16.5. The third-order valence-electron chi connectivity index (χ3n) is 6.51. The van der Waals surface area contributed by atoms with Gasteiger partial charge in [0.15, 0.2) is 0 Å². The molecule has 2 aromatic heterocycles. The molecule has 0 aliphatic carbocycles. The molecule has 0 fully saturated rings. The Labute approximate surface area is 213 Å². The van der Waals surface area contributed by atoms with Crippen molar-refractivity contribution < 1.29 is 23.6 Å². The fourth-order valence-electron chi connectivity index (χ4n) is 4.79. The summed E-state index contributed by atoms with van der Waals surface area (Å²) >= 11 is 0. The van der Waals surface area contributed by atoms with Crippen LogP contribution in [-0.2, 0) is 6.42 Å². The number of aromatic nitrogens is 2. The molecule has 37 heavy (non-hydrogen) atoms. The standard InChI is InChI=1S/C28H24N4O5/c33-27-20-15-23(17-29-16-20)36-22-5-6-24-18(13-22)8-11-32(28(34)25-7-10-31-37-25)26(24)19-3-1-4-21(14-19)35-12-2-9-30-27/h1,3-7,10,13-17,26H,2,8-9,11-12H2,(H,30,33). The number of hydrogen-bond donors (Lipinski definition) is 1. The van der Waals surface area contributed by atoms with Crippen LogP contribution >= 0.6 is 0 Å². The molecule has 1 unspecified atom stereocenters. The third kappa shape index (κ3) is 4.63. The number of benzene rings is 2. The monoisotopic (exact) mass is 496 g/mol. The number of rotatable bonds is 1. The average molecular weight is 497 g/mol. The zero-order chi connectivity index (χ0) is 25.2. The van der Waals surface area contributed by atoms with Crippen molar-refractivity contribution in [2.45, 2.75) is 18.9 Å². The normalized spacial score (nSPS) is 17.1. The first-order valence-electron chi connectivity index (χ1n) is 12.1. The highest BCUT2D eigenvalue weighted by molar-refractivity contribution is 5.94. The van der Waals surface area contributed by atoms with E-state index in [1.165, 1.54) is 12.4 Å². The Morgan fingerprint density at radius 1 is 1.03 bits per heavy atom. The number of nitrogens with zero attached hydrogens (tertiary/aromatic N) is 3. The molecule has 0 radical (unpaired) electrons. The Morgan fingerprint density at radius 2 is 1.97 bits per heavy atom. The van der Waals surface area contributed by atoms with Gasteiger partial charge in [-0.1, -0.05) is 23.4 Å². The van der Waals surface area contributed by atoms with Crippen molar-refractivity contribution in [1.29, 1.82) is 0 Å². The Hall–Kier alpha value is -4.66. The number of amides is 2. The Balaban J connectivity index is 1.43. The maximum Gasteiger partial charge on any atom is 0.293 e. The van der Waals surface area contributed by atoms with Crippen LogP contribution in [0.1, 0.15) is 50.1 Å². The van der Waals surface area contributed by atoms with E-state index in [1.54, 1.807) is 18.3 Å². The number of hydrogen-bond acceptors (Lipinski definition) is 7. The molecule has 2 aromatic carbocycles. The second kappa shape index (κ2) is 9.77. The largest absolute Gasteiger partial charge is 0.494 e. The summed E-state index contributed by atoms with van der Waals surface area (Å²) in [6.07, 6.45) is 5.83. The molecule has 2 amide bonds. The van der Waals surface area contributed by atoms with E-state index in [9.17, 15) is 9.59 Å². The first-order valence-corrected chi connectivity index (χ1v) is 12.1. The van der Waals surface area contributed by atoms with Crippen LogP contribution in [0.15, 0.2) is 77.7 Å². The summed E-state index contributed by atoms with van der Waals surface area (Å²) in [5, 5.41) is 6.60. The molecule has 8 bridgehead atoms. The lowest BCUT2D eigenvalue weighted by Crippen LogP contribution is -2.40. The summed E-state index contributed by atoms with van der Waals surface area (Å²) in [6.45, 7) is 1.37. The van der Waals surface area contributed by atoms with Crippen LogP contribution < -0.4 is 14.8 Å². The zero-order valence-corrected chi connectivity index (χ0v) is 19.9. The van der Waals surface area contributed by atoms with Gasteiger partial charge in [0.05, 0.1) is 30.6 Å². The van der Waals surface area contributed by atoms with Crippen LogP contribution in [-0.4, -0.2) is 46.6 Å². The van der Waals surface area contributed by atoms with Crippen molar-refractivity contribution in [3.63, 3.8) is 0 Å². The molecule has 0 spiro atoms. The van der Waals surface area contributed by atoms with Crippen LogP contribution in [0.2, 0.25) is 0 Å². The Bertz CT molecular complexity index is 1450. The molecular weight excluding hydrogens is 472 g/mol. The number of carbonyl (C=O) groups excluding carboxylic acids is 2. The molecule has 0 saturated heterocycles. The predicted molar refractivity (Wildman–Crippen MR) is 133 cm³/mol. The van der Waals surface area contributed by atoms with Gasteiger partial charge in [-0.2, -0.15) is 0 Å². The first-order chi connectivity index (χ1) is 18.2. The van der Waals surface area contributed by atoms with Gasteiger partial charge in [0.25, 0.3) is 11.8 Å². The number of nitrogens with one attached hydrogen (secondary N) is 1. The maximum atomic E-state index is 13.4. The minimum Gasteiger partial charge on any atom is -0.494 e. The maximum absolute atomic E-state index is 13.4. The van der Waals surface area contributed by atoms with Gasteiger partial charge >= 0.3 is 0 Å². The molecule has 3 aliphatic rings. The van der Waals surface area contributed by atoms with Gasteiger partial charge in [-0.05, 0) is 59.9 Å². The minimum atomic E-state index is -0.345. The molecule has 4 aromatic rings. The van der Waals surface area contributed by atoms with E-state index < -0.39 is 0 Å². The van der Waals surface area contributed by atoms with Gasteiger partial charge in [0, 0.05) is 25.4 Å². The molecule has 186 valence electrons. The lowest BCUT2D eigenvalue weighted by molar-refractivity contribution is 0.0651. The van der Waals surface area contributed by atoms with Crippen molar-refractivity contribution in [3.05, 3.63) is 101 Å². The predicted octanol–water partition coefficient (Wildman–Crippen LogP) is 4.16. The van der Waals surface area contributed by atoms with Crippen molar-refractivity contribution >= 4 is 11.8 Å². The number of fused-ring (bicyclic) bond motifs is 6. The van der Waals surface area contributed by atoms with Crippen LogP contribution in [0.25, 0.3) is 0 Å². The molecule has 1 N–H and O–H groups in total. The van der Waals surface area contributed by atoms with E-state index in [1.807, 2.05) is 47.4 Å². The SMILES string of the molecule is O=C1NCCCOc2cccc(c2)C2c3ccc(cc3CCN2C(=O)c2ccno2)Oc2cncc1c2. The molecule has 9 nitrogen and oxygen atoms in total. The highest BCUT2D eigenvalue weighted by atomic mass is 16.5. The number of carbonyl (C=O) groups is 2. The van der Waals surface area contributed by atoms with Gasteiger partial charge in [0.2, 0.25) is 5.76 Å². The topological polar surface area (TPSA) is 107 Å². The van der Waals surface area contributed by atoms with Gasteiger partial charge in [-0.3, -0.25) is 14.6 Å². The van der Waals surface area contributed by atoms with Crippen LogP contribution in [0.4, 0.5) is 0 Å². The van der Waals surface area contributed by atoms with E-state index in [2.05, 4.69) is 15.5 Å². The fourth-order valence-corrected chi connectivity index (χ4v) is 4.79. The van der Waals surface area contributed by atoms with E-state index in [0.717, 1.165) is 16.7 Å². The smallest absolute Gasteiger partial charge is 0.293 e. The minimum absolute atomic E-state index is 0.199. The van der Waals surface area contributed by atoms with E-state index in [-0.39, 0.29) is 23.6 Å². The van der Waals surface area contributed by atoms with Crippen molar-refractivity contribution in [2.75, 3.05) is 19.7 Å². The molecule has 1 atom stereocenters. The van der Waals surface area contributed by atoms with Crippen molar-refractivity contribution in [1.82, 2.24) is 20.4 Å². The zero-order valence-electron chi connectivity index (χ0n) is 19.9. The Kier molecular flexibility index (Phi) is 6.02. The van der Waals surface area contributed by atoms with E-state index in [0.29, 0.717) is 55.4 Å². The first kappa shape index (κ1) is 22.8. The fraction of sp³-hybridized carbons (Fsp3) is 0.214. The molecule has 0 saturated carbocycles. The summed E-state index contributed by atoms with van der Waals surface area (Å²) < 4.78 is 17.3. The summed E-state index contributed by atoms with van der Waals surface area (Å²) in [4.78, 5) is 32.0. The number of ether oxygens (including phenoxy) is 2. The van der Waals surface area contributed by atoms with Crippen molar-refractivity contribution in [2.24, 2.45) is 0 Å². The van der Waals surface area contributed by atoms with Crippen LogP contribution in [0, 0.1) is 0 Å². The highest BCUT2D eigenvalue weighted by Gasteiger charge is 2.34. The molecule has 7 rings (SSSR count). The number of pyridine rings is 1. The summed E-state index contributed by atoms with van der Waals surface area (Å²) in [7, 11) is 0. The molecular formula is C28H24N4O5. The Morgan fingerprint density at radius 3 is 2.86 bits per heavy atom. The van der Waals surface area contributed by atoms with E-state index >= 15 is 0 Å². The molecule has 3 aliphatic heterocycles. The van der Waals surface area contributed by atoms with Crippen molar-refractivity contribution in [3.8, 4) is 17.2 Å². The van der Waals surface area contributed by atoms with Gasteiger partial charge < -0.3 is 24.2 Å². The van der Waals surface area contributed by atoms with Gasteiger partial charge in [-0.25, -0.2) is 0 Å².